The second-order valence-corrected chi connectivity index (χ2v) is 13.1. The second-order valence-electron chi connectivity index (χ2n) is 10.9. The SMILES string of the molecule is CCCCCCOc1ccc(C2C(C(=O)c3cc4cccc(OC)c4o3)=C(O)C(=O)N2c2nnc(SCc3ccc(F)cc3)s2)cc1. The Hall–Kier alpha value is -4.68. The van der Waals surface area contributed by atoms with E-state index in [9.17, 15) is 19.1 Å². The fourth-order valence-electron chi connectivity index (χ4n) is 5.34. The first-order valence-corrected chi connectivity index (χ1v) is 17.0. The number of Topliss-reactive ketones (excluding diaryl/α,β-unsaturated/α-hetero) is 1. The maximum atomic E-state index is 14.1. The number of nitrogens with zero attached hydrogens (tertiary/aromatic N) is 3. The molecule has 47 heavy (non-hydrogen) atoms. The van der Waals surface area contributed by atoms with Gasteiger partial charge in [-0.2, -0.15) is 0 Å². The van der Waals surface area contributed by atoms with Gasteiger partial charge >= 0.3 is 0 Å². The summed E-state index contributed by atoms with van der Waals surface area (Å²) in [6.07, 6.45) is 4.31. The van der Waals surface area contributed by atoms with Crippen molar-refractivity contribution >= 4 is 50.9 Å². The molecule has 1 N–H and O–H groups in total. The van der Waals surface area contributed by atoms with E-state index in [1.165, 1.54) is 35.9 Å². The van der Waals surface area contributed by atoms with Gasteiger partial charge in [-0.3, -0.25) is 14.5 Å². The Morgan fingerprint density at radius 2 is 1.85 bits per heavy atom. The van der Waals surface area contributed by atoms with Crippen molar-refractivity contribution in [2.75, 3.05) is 18.6 Å². The first-order chi connectivity index (χ1) is 22.9. The van der Waals surface area contributed by atoms with Crippen LogP contribution in [0.2, 0.25) is 0 Å². The lowest BCUT2D eigenvalue weighted by atomic mass is 9.95. The third kappa shape index (κ3) is 6.89. The van der Waals surface area contributed by atoms with E-state index in [0.29, 0.717) is 44.7 Å². The van der Waals surface area contributed by atoms with Crippen LogP contribution in [0.4, 0.5) is 9.52 Å². The Labute approximate surface area is 279 Å². The summed E-state index contributed by atoms with van der Waals surface area (Å²) in [5, 5.41) is 20.6. The average Bonchev–Trinajstić information content (AvgIpc) is 3.81. The number of aliphatic hydroxyl groups is 1. The van der Waals surface area contributed by atoms with E-state index < -0.39 is 23.5 Å². The van der Waals surface area contributed by atoms with Crippen LogP contribution in [0, 0.1) is 5.82 Å². The number of carbonyl (C=O) groups excluding carboxylic acids is 2. The molecule has 0 bridgehead atoms. The molecular formula is C35H32FN3O6S2. The lowest BCUT2D eigenvalue weighted by molar-refractivity contribution is -0.117. The third-order valence-electron chi connectivity index (χ3n) is 7.74. The van der Waals surface area contributed by atoms with Gasteiger partial charge in [0, 0.05) is 11.1 Å². The number of amides is 1. The summed E-state index contributed by atoms with van der Waals surface area (Å²) in [5.41, 5.74) is 1.69. The third-order valence-corrected chi connectivity index (χ3v) is 9.87. The number of anilines is 1. The number of aromatic nitrogens is 2. The first kappa shape index (κ1) is 32.3. The zero-order valence-electron chi connectivity index (χ0n) is 25.8. The van der Waals surface area contributed by atoms with Crippen molar-refractivity contribution in [2.24, 2.45) is 0 Å². The highest BCUT2D eigenvalue weighted by molar-refractivity contribution is 8.00. The molecule has 0 aliphatic carbocycles. The highest BCUT2D eigenvalue weighted by Gasteiger charge is 2.47. The molecule has 242 valence electrons. The number of rotatable bonds is 14. The van der Waals surface area contributed by atoms with Crippen LogP contribution in [0.5, 0.6) is 11.5 Å². The minimum atomic E-state index is -1.02. The van der Waals surface area contributed by atoms with Crippen molar-refractivity contribution in [1.29, 1.82) is 0 Å². The standard InChI is InChI=1S/C35H32FN3O6S2/c1-3-4-5-6-18-44-25-16-12-22(13-17-25)29-28(30(40)27-19-23-8-7-9-26(43-2)32(23)45-27)31(41)33(42)39(29)34-37-38-35(47-34)46-20-21-10-14-24(36)15-11-21/h7-17,19,29,41H,3-6,18,20H2,1-2H3. The van der Waals surface area contributed by atoms with Gasteiger partial charge < -0.3 is 19.0 Å². The largest absolute Gasteiger partial charge is 0.503 e. The van der Waals surface area contributed by atoms with E-state index in [1.807, 2.05) is 0 Å². The zero-order chi connectivity index (χ0) is 32.9. The van der Waals surface area contributed by atoms with Crippen molar-refractivity contribution < 1.29 is 33.0 Å². The van der Waals surface area contributed by atoms with Crippen LogP contribution in [0.1, 0.15) is 60.3 Å². The normalized spacial score (nSPS) is 14.7. The molecule has 1 unspecified atom stereocenters. The van der Waals surface area contributed by atoms with Gasteiger partial charge in [-0.15, -0.1) is 10.2 Å². The van der Waals surface area contributed by atoms with Gasteiger partial charge in [0.15, 0.2) is 27.2 Å². The molecule has 6 rings (SSSR count). The van der Waals surface area contributed by atoms with Gasteiger partial charge in [-0.05, 0) is 53.9 Å². The van der Waals surface area contributed by atoms with E-state index in [0.717, 1.165) is 42.6 Å². The highest BCUT2D eigenvalue weighted by Crippen LogP contribution is 2.45. The molecular weight excluding hydrogens is 642 g/mol. The molecule has 1 aliphatic heterocycles. The summed E-state index contributed by atoms with van der Waals surface area (Å²) in [5.74, 6) is -0.879. The molecule has 0 saturated carbocycles. The molecule has 9 nitrogen and oxygen atoms in total. The molecule has 0 saturated heterocycles. The predicted molar refractivity (Wildman–Crippen MR) is 179 cm³/mol. The van der Waals surface area contributed by atoms with Gasteiger partial charge in [0.1, 0.15) is 11.6 Å². The lowest BCUT2D eigenvalue weighted by Crippen LogP contribution is -2.31. The number of methoxy groups -OCH3 is 1. The molecule has 3 aromatic carbocycles. The zero-order valence-corrected chi connectivity index (χ0v) is 27.4. The maximum Gasteiger partial charge on any atom is 0.296 e. The number of hydrogen-bond acceptors (Lipinski definition) is 10. The molecule has 12 heteroatoms. The summed E-state index contributed by atoms with van der Waals surface area (Å²) >= 11 is 2.53. The number of carbonyl (C=O) groups is 2. The van der Waals surface area contributed by atoms with Crippen molar-refractivity contribution in [3.8, 4) is 11.5 Å². The number of para-hydroxylation sites is 1. The molecule has 0 spiro atoms. The summed E-state index contributed by atoms with van der Waals surface area (Å²) in [6, 6.07) is 19.1. The maximum absolute atomic E-state index is 14.1. The van der Waals surface area contributed by atoms with Crippen molar-refractivity contribution in [2.45, 2.75) is 48.7 Å². The number of fused-ring (bicyclic) bond motifs is 1. The van der Waals surface area contributed by atoms with E-state index >= 15 is 0 Å². The van der Waals surface area contributed by atoms with Crippen LogP contribution in [0.3, 0.4) is 0 Å². The molecule has 0 fully saturated rings. The van der Waals surface area contributed by atoms with E-state index in [2.05, 4.69) is 17.1 Å². The number of thioether (sulfide) groups is 1. The molecule has 2 aromatic heterocycles. The lowest BCUT2D eigenvalue weighted by Gasteiger charge is -2.24. The highest BCUT2D eigenvalue weighted by atomic mass is 32.2. The van der Waals surface area contributed by atoms with E-state index in [-0.39, 0.29) is 22.3 Å². The topological polar surface area (TPSA) is 115 Å². The van der Waals surface area contributed by atoms with Crippen LogP contribution in [-0.2, 0) is 10.5 Å². The number of aliphatic hydroxyl groups excluding tert-OH is 1. The van der Waals surface area contributed by atoms with Gasteiger partial charge in [-0.1, -0.05) is 85.7 Å². The van der Waals surface area contributed by atoms with Crippen LogP contribution >= 0.6 is 23.1 Å². The minimum absolute atomic E-state index is 0.0504. The predicted octanol–water partition coefficient (Wildman–Crippen LogP) is 8.47. The van der Waals surface area contributed by atoms with Crippen molar-refractivity contribution in [3.63, 3.8) is 0 Å². The van der Waals surface area contributed by atoms with Crippen molar-refractivity contribution in [3.05, 3.63) is 107 Å². The van der Waals surface area contributed by atoms with Crippen LogP contribution in [0.15, 0.2) is 92.9 Å². The monoisotopic (exact) mass is 673 g/mol. The Bertz CT molecular complexity index is 1920. The number of unbranched alkanes of at least 4 members (excludes halogenated alkanes) is 3. The number of benzene rings is 3. The van der Waals surface area contributed by atoms with Crippen LogP contribution in [0.25, 0.3) is 11.0 Å². The van der Waals surface area contributed by atoms with Crippen LogP contribution < -0.4 is 14.4 Å². The quantitative estimate of drug-likeness (QED) is 0.0536. The molecule has 3 heterocycles. The van der Waals surface area contributed by atoms with E-state index in [4.69, 9.17) is 13.9 Å². The first-order valence-electron chi connectivity index (χ1n) is 15.2. The Morgan fingerprint density at radius 3 is 2.60 bits per heavy atom. The smallest absolute Gasteiger partial charge is 0.296 e. The number of hydrogen-bond donors (Lipinski definition) is 1. The summed E-state index contributed by atoms with van der Waals surface area (Å²) in [7, 11) is 1.50. The fraction of sp³-hybridized carbons (Fsp3) is 0.257. The summed E-state index contributed by atoms with van der Waals surface area (Å²) in [4.78, 5) is 29.1. The number of ether oxygens (including phenoxy) is 2. The molecule has 0 radical (unpaired) electrons. The molecule has 1 aliphatic rings. The van der Waals surface area contributed by atoms with Crippen LogP contribution in [-0.4, -0.2) is 40.7 Å². The fourth-order valence-corrected chi connectivity index (χ4v) is 7.16. The molecule has 5 aromatic rings. The summed E-state index contributed by atoms with van der Waals surface area (Å²) < 4.78 is 31.1. The minimum Gasteiger partial charge on any atom is -0.503 e. The van der Waals surface area contributed by atoms with Crippen molar-refractivity contribution in [1.82, 2.24) is 10.2 Å². The number of furan rings is 1. The molecule has 1 amide bonds. The Kier molecular flexibility index (Phi) is 9.88. The van der Waals surface area contributed by atoms with Gasteiger partial charge in [-0.25, -0.2) is 4.39 Å². The molecule has 1 atom stereocenters. The van der Waals surface area contributed by atoms with E-state index in [1.54, 1.807) is 60.7 Å². The van der Waals surface area contributed by atoms with Gasteiger partial charge in [0.05, 0.1) is 25.3 Å². The Balaban J connectivity index is 1.32. The Morgan fingerprint density at radius 1 is 1.06 bits per heavy atom. The second kappa shape index (κ2) is 14.4. The number of halogens is 1. The number of ketones is 1. The van der Waals surface area contributed by atoms with Gasteiger partial charge in [0.2, 0.25) is 10.9 Å². The van der Waals surface area contributed by atoms with Gasteiger partial charge in [0.25, 0.3) is 5.91 Å². The average molecular weight is 674 g/mol. The summed E-state index contributed by atoms with van der Waals surface area (Å²) in [6.45, 7) is 2.73.